The molecule has 19 heavy (non-hydrogen) atoms. The highest BCUT2D eigenvalue weighted by Gasteiger charge is 2.39. The normalized spacial score (nSPS) is 36.5. The molecule has 3 fully saturated rings. The summed E-state index contributed by atoms with van der Waals surface area (Å²) >= 11 is 0. The van der Waals surface area contributed by atoms with E-state index in [4.69, 9.17) is 0 Å². The predicted molar refractivity (Wildman–Crippen MR) is 81.2 cm³/mol. The Hall–Kier alpha value is -0.0800. The summed E-state index contributed by atoms with van der Waals surface area (Å²) in [5.41, 5.74) is 0. The van der Waals surface area contributed by atoms with Gasteiger partial charge in [-0.15, -0.1) is 0 Å². The van der Waals surface area contributed by atoms with E-state index in [1.165, 1.54) is 58.0 Å². The summed E-state index contributed by atoms with van der Waals surface area (Å²) in [4.78, 5) is 2.63. The molecule has 0 aliphatic heterocycles. The second-order valence-corrected chi connectivity index (χ2v) is 7.60. The molecule has 2 nitrogen and oxygen atoms in total. The number of likely N-dealkylation sites (N-methyl/N-ethyl adjacent to an activating group) is 2. The third-order valence-electron chi connectivity index (χ3n) is 6.28. The molecular formula is C17H32N2. The lowest BCUT2D eigenvalue weighted by Crippen LogP contribution is -2.43. The Kier molecular flexibility index (Phi) is 4.48. The molecule has 3 rings (SSSR count). The summed E-state index contributed by atoms with van der Waals surface area (Å²) in [6.45, 7) is 2.61. The van der Waals surface area contributed by atoms with Gasteiger partial charge in [-0.25, -0.2) is 0 Å². The molecular weight excluding hydrogens is 232 g/mol. The molecule has 2 bridgehead atoms. The van der Waals surface area contributed by atoms with Gasteiger partial charge in [-0.1, -0.05) is 19.3 Å². The summed E-state index contributed by atoms with van der Waals surface area (Å²) in [5, 5.41) is 3.59. The fourth-order valence-electron chi connectivity index (χ4n) is 5.25. The van der Waals surface area contributed by atoms with Crippen LogP contribution in [0, 0.1) is 23.7 Å². The van der Waals surface area contributed by atoms with Crippen molar-refractivity contribution in [3.8, 4) is 0 Å². The lowest BCUT2D eigenvalue weighted by Gasteiger charge is -2.32. The van der Waals surface area contributed by atoms with Crippen molar-refractivity contribution >= 4 is 0 Å². The SMILES string of the molecule is CNC(CN(C)CC1CC2CCC1C2)C1CCCC1. The quantitative estimate of drug-likeness (QED) is 0.793. The van der Waals surface area contributed by atoms with E-state index in [0.29, 0.717) is 0 Å². The van der Waals surface area contributed by atoms with E-state index in [1.807, 2.05) is 0 Å². The minimum atomic E-state index is 0.728. The summed E-state index contributed by atoms with van der Waals surface area (Å²) in [6, 6.07) is 0.728. The van der Waals surface area contributed by atoms with Crippen molar-refractivity contribution in [3.63, 3.8) is 0 Å². The molecule has 0 heterocycles. The van der Waals surface area contributed by atoms with Crippen LogP contribution in [0.1, 0.15) is 51.4 Å². The molecule has 0 spiro atoms. The Morgan fingerprint density at radius 2 is 1.89 bits per heavy atom. The van der Waals surface area contributed by atoms with Crippen LogP contribution in [0.25, 0.3) is 0 Å². The standard InChI is InChI=1S/C17H32N2/c1-18-17(14-5-3-4-6-14)12-19(2)11-16-10-13-7-8-15(16)9-13/h13-18H,3-12H2,1-2H3. The van der Waals surface area contributed by atoms with Gasteiger partial charge in [0, 0.05) is 19.1 Å². The van der Waals surface area contributed by atoms with Crippen molar-refractivity contribution in [1.29, 1.82) is 0 Å². The number of nitrogens with one attached hydrogen (secondary N) is 1. The molecule has 3 saturated carbocycles. The lowest BCUT2D eigenvalue weighted by molar-refractivity contribution is 0.188. The molecule has 3 aliphatic carbocycles. The number of hydrogen-bond donors (Lipinski definition) is 1. The fourth-order valence-corrected chi connectivity index (χ4v) is 5.25. The van der Waals surface area contributed by atoms with Gasteiger partial charge < -0.3 is 10.2 Å². The first-order valence-corrected chi connectivity index (χ1v) is 8.62. The summed E-state index contributed by atoms with van der Waals surface area (Å²) < 4.78 is 0. The monoisotopic (exact) mass is 264 g/mol. The predicted octanol–water partition coefficient (Wildman–Crippen LogP) is 3.13. The molecule has 0 amide bonds. The molecule has 110 valence electrons. The minimum absolute atomic E-state index is 0.728. The Bertz CT molecular complexity index is 285. The van der Waals surface area contributed by atoms with Crippen molar-refractivity contribution in [2.75, 3.05) is 27.2 Å². The third kappa shape index (κ3) is 3.16. The van der Waals surface area contributed by atoms with E-state index in [0.717, 1.165) is 29.7 Å². The van der Waals surface area contributed by atoms with E-state index >= 15 is 0 Å². The zero-order valence-electron chi connectivity index (χ0n) is 12.9. The van der Waals surface area contributed by atoms with Crippen LogP contribution in [0.4, 0.5) is 0 Å². The molecule has 4 atom stereocenters. The van der Waals surface area contributed by atoms with Gasteiger partial charge in [-0.05, 0) is 69.9 Å². The van der Waals surface area contributed by atoms with Gasteiger partial charge in [0.2, 0.25) is 0 Å². The van der Waals surface area contributed by atoms with Crippen molar-refractivity contribution < 1.29 is 0 Å². The maximum atomic E-state index is 3.59. The van der Waals surface area contributed by atoms with Crippen molar-refractivity contribution in [3.05, 3.63) is 0 Å². The highest BCUT2D eigenvalue weighted by atomic mass is 15.1. The average molecular weight is 264 g/mol. The summed E-state index contributed by atoms with van der Waals surface area (Å²) in [5.74, 6) is 4.13. The number of fused-ring (bicyclic) bond motifs is 2. The van der Waals surface area contributed by atoms with Gasteiger partial charge in [0.05, 0.1) is 0 Å². The second kappa shape index (κ2) is 6.13. The Balaban J connectivity index is 1.45. The Morgan fingerprint density at radius 1 is 1.11 bits per heavy atom. The van der Waals surface area contributed by atoms with Gasteiger partial charge in [-0.3, -0.25) is 0 Å². The molecule has 0 aromatic carbocycles. The highest BCUT2D eigenvalue weighted by Crippen LogP contribution is 2.48. The highest BCUT2D eigenvalue weighted by molar-refractivity contribution is 4.91. The summed E-state index contributed by atoms with van der Waals surface area (Å²) in [7, 11) is 4.51. The van der Waals surface area contributed by atoms with Crippen molar-refractivity contribution in [1.82, 2.24) is 10.2 Å². The van der Waals surface area contributed by atoms with Crippen LogP contribution < -0.4 is 5.32 Å². The maximum absolute atomic E-state index is 3.59. The van der Waals surface area contributed by atoms with Crippen LogP contribution in [0.3, 0.4) is 0 Å². The van der Waals surface area contributed by atoms with E-state index in [-0.39, 0.29) is 0 Å². The van der Waals surface area contributed by atoms with Crippen LogP contribution in [0.15, 0.2) is 0 Å². The van der Waals surface area contributed by atoms with Gasteiger partial charge in [-0.2, -0.15) is 0 Å². The van der Waals surface area contributed by atoms with Gasteiger partial charge in [0.25, 0.3) is 0 Å². The van der Waals surface area contributed by atoms with E-state index in [2.05, 4.69) is 24.3 Å². The zero-order chi connectivity index (χ0) is 13.2. The first-order chi connectivity index (χ1) is 9.26. The van der Waals surface area contributed by atoms with Gasteiger partial charge in [0.15, 0.2) is 0 Å². The maximum Gasteiger partial charge on any atom is 0.0220 e. The second-order valence-electron chi connectivity index (χ2n) is 7.60. The van der Waals surface area contributed by atoms with Crippen LogP contribution in [-0.4, -0.2) is 38.1 Å². The van der Waals surface area contributed by atoms with Crippen molar-refractivity contribution in [2.24, 2.45) is 23.7 Å². The van der Waals surface area contributed by atoms with E-state index < -0.39 is 0 Å². The van der Waals surface area contributed by atoms with Crippen LogP contribution in [0.2, 0.25) is 0 Å². The molecule has 0 aromatic rings. The Morgan fingerprint density at radius 3 is 2.47 bits per heavy atom. The first-order valence-electron chi connectivity index (χ1n) is 8.62. The largest absolute Gasteiger partial charge is 0.315 e. The molecule has 0 aromatic heterocycles. The fraction of sp³-hybridized carbons (Fsp3) is 1.00. The Labute approximate surface area is 119 Å². The average Bonchev–Trinajstić information content (AvgIpc) is 3.12. The summed E-state index contributed by atoms with van der Waals surface area (Å²) in [6.07, 6.45) is 12.0. The topological polar surface area (TPSA) is 15.3 Å². The van der Waals surface area contributed by atoms with E-state index in [1.54, 1.807) is 6.42 Å². The van der Waals surface area contributed by atoms with Gasteiger partial charge in [0.1, 0.15) is 0 Å². The zero-order valence-corrected chi connectivity index (χ0v) is 12.9. The molecule has 4 unspecified atom stereocenters. The molecule has 3 aliphatic rings. The van der Waals surface area contributed by atoms with Crippen LogP contribution in [-0.2, 0) is 0 Å². The van der Waals surface area contributed by atoms with Gasteiger partial charge >= 0.3 is 0 Å². The molecule has 0 saturated heterocycles. The molecule has 0 radical (unpaired) electrons. The number of hydrogen-bond acceptors (Lipinski definition) is 2. The van der Waals surface area contributed by atoms with Crippen molar-refractivity contribution in [2.45, 2.75) is 57.4 Å². The first kappa shape index (κ1) is 13.9. The smallest absolute Gasteiger partial charge is 0.0220 e. The van der Waals surface area contributed by atoms with Crippen LogP contribution in [0.5, 0.6) is 0 Å². The van der Waals surface area contributed by atoms with Crippen LogP contribution >= 0.6 is 0 Å². The minimum Gasteiger partial charge on any atom is -0.315 e. The third-order valence-corrected chi connectivity index (χ3v) is 6.28. The molecule has 1 N–H and O–H groups in total. The lowest BCUT2D eigenvalue weighted by atomic mass is 9.88. The number of nitrogens with zero attached hydrogens (tertiary/aromatic N) is 1. The molecule has 2 heteroatoms. The van der Waals surface area contributed by atoms with E-state index in [9.17, 15) is 0 Å². The number of rotatable bonds is 6.